The molecule has 2 rings (SSSR count). The Balaban J connectivity index is 2.00. The molecule has 2 amide bonds. The first-order chi connectivity index (χ1) is 12.6. The average molecular weight is 378 g/mol. The number of rotatable bonds is 6. The second kappa shape index (κ2) is 8.61. The minimum atomic E-state index is -0.788. The molecule has 2 atom stereocenters. The summed E-state index contributed by atoms with van der Waals surface area (Å²) in [5.41, 5.74) is 1.12. The van der Waals surface area contributed by atoms with E-state index in [4.69, 9.17) is 9.47 Å². The van der Waals surface area contributed by atoms with Crippen molar-refractivity contribution in [2.75, 3.05) is 20.2 Å². The number of methoxy groups -OCH3 is 1. The normalized spacial score (nSPS) is 18.4. The van der Waals surface area contributed by atoms with Gasteiger partial charge in [0.05, 0.1) is 19.3 Å². The molecular formula is C20H30N2O5. The van der Waals surface area contributed by atoms with Crippen LogP contribution in [0.3, 0.4) is 0 Å². The van der Waals surface area contributed by atoms with Crippen LogP contribution in [0.5, 0.6) is 5.75 Å². The summed E-state index contributed by atoms with van der Waals surface area (Å²) >= 11 is 0. The molecular weight excluding hydrogens is 348 g/mol. The van der Waals surface area contributed by atoms with Crippen molar-refractivity contribution in [1.29, 1.82) is 0 Å². The van der Waals surface area contributed by atoms with Gasteiger partial charge >= 0.3 is 6.09 Å². The molecule has 1 aliphatic heterocycles. The van der Waals surface area contributed by atoms with E-state index >= 15 is 0 Å². The summed E-state index contributed by atoms with van der Waals surface area (Å²) in [6.45, 7) is 7.88. The highest BCUT2D eigenvalue weighted by molar-refractivity contribution is 5.79. The largest absolute Gasteiger partial charge is 0.497 e. The van der Waals surface area contributed by atoms with Gasteiger partial charge in [-0.25, -0.2) is 4.79 Å². The van der Waals surface area contributed by atoms with Crippen LogP contribution in [0.15, 0.2) is 18.2 Å². The quantitative estimate of drug-likeness (QED) is 0.794. The lowest BCUT2D eigenvalue weighted by molar-refractivity contribution is -0.130. The van der Waals surface area contributed by atoms with Crippen molar-refractivity contribution in [3.05, 3.63) is 29.3 Å². The number of amides is 2. The molecule has 1 fully saturated rings. The first-order valence-electron chi connectivity index (χ1n) is 9.21. The van der Waals surface area contributed by atoms with Crippen LogP contribution >= 0.6 is 0 Å². The minimum absolute atomic E-state index is 0.0174. The monoisotopic (exact) mass is 378 g/mol. The maximum atomic E-state index is 12.3. The first-order valence-corrected chi connectivity index (χ1v) is 9.21. The Morgan fingerprint density at radius 1 is 1.41 bits per heavy atom. The SMILES string of the molecule is COc1ccc([C@@H](O)[C@@H]2CCC(=O)N2CCNC(=O)OC(C)(C)C)c(C)c1. The molecule has 0 unspecified atom stereocenters. The van der Waals surface area contributed by atoms with Crippen molar-refractivity contribution < 1.29 is 24.2 Å². The number of aliphatic hydroxyl groups excluding tert-OH is 1. The van der Waals surface area contributed by atoms with Crippen molar-refractivity contribution >= 4 is 12.0 Å². The van der Waals surface area contributed by atoms with Gasteiger partial charge in [0, 0.05) is 19.5 Å². The lowest BCUT2D eigenvalue weighted by atomic mass is 9.96. The molecule has 1 aromatic carbocycles. The predicted octanol–water partition coefficient (Wildman–Crippen LogP) is 2.55. The van der Waals surface area contributed by atoms with Crippen LogP contribution in [-0.2, 0) is 9.53 Å². The maximum Gasteiger partial charge on any atom is 0.407 e. The number of nitrogens with one attached hydrogen (secondary N) is 1. The van der Waals surface area contributed by atoms with Gasteiger partial charge in [-0.2, -0.15) is 0 Å². The third-order valence-electron chi connectivity index (χ3n) is 4.56. The highest BCUT2D eigenvalue weighted by Gasteiger charge is 2.36. The Bertz CT molecular complexity index is 683. The molecule has 1 saturated heterocycles. The van der Waals surface area contributed by atoms with Gasteiger partial charge < -0.3 is 24.8 Å². The molecule has 0 radical (unpaired) electrons. The molecule has 1 heterocycles. The van der Waals surface area contributed by atoms with Crippen LogP contribution in [-0.4, -0.2) is 53.8 Å². The molecule has 1 aromatic rings. The zero-order chi connectivity index (χ0) is 20.2. The third kappa shape index (κ3) is 5.60. The van der Waals surface area contributed by atoms with Crippen LogP contribution in [0.2, 0.25) is 0 Å². The molecule has 0 aliphatic carbocycles. The van der Waals surface area contributed by atoms with Crippen LogP contribution in [0.25, 0.3) is 0 Å². The van der Waals surface area contributed by atoms with E-state index in [0.29, 0.717) is 19.4 Å². The van der Waals surface area contributed by atoms with Crippen molar-refractivity contribution in [3.63, 3.8) is 0 Å². The zero-order valence-electron chi connectivity index (χ0n) is 16.7. The Labute approximate surface area is 160 Å². The van der Waals surface area contributed by atoms with Crippen LogP contribution in [0, 0.1) is 6.92 Å². The summed E-state index contributed by atoms with van der Waals surface area (Å²) in [5.74, 6) is 0.709. The third-order valence-corrected chi connectivity index (χ3v) is 4.56. The van der Waals surface area contributed by atoms with Crippen LogP contribution in [0.1, 0.15) is 50.8 Å². The molecule has 0 bridgehead atoms. The van der Waals surface area contributed by atoms with Gasteiger partial charge in [0.15, 0.2) is 0 Å². The zero-order valence-corrected chi connectivity index (χ0v) is 16.7. The van der Waals surface area contributed by atoms with Crippen LogP contribution < -0.4 is 10.1 Å². The average Bonchev–Trinajstić information content (AvgIpc) is 2.93. The van der Waals surface area contributed by atoms with E-state index in [1.54, 1.807) is 38.8 Å². The molecule has 7 nitrogen and oxygen atoms in total. The lowest BCUT2D eigenvalue weighted by Gasteiger charge is -2.30. The van der Waals surface area contributed by atoms with Crippen molar-refractivity contribution in [3.8, 4) is 5.75 Å². The van der Waals surface area contributed by atoms with Gasteiger partial charge in [-0.1, -0.05) is 6.07 Å². The number of carbonyl (C=O) groups is 2. The van der Waals surface area contributed by atoms with Gasteiger partial charge in [-0.05, 0) is 57.4 Å². The summed E-state index contributed by atoms with van der Waals surface area (Å²) in [5, 5.41) is 13.5. The number of likely N-dealkylation sites (tertiary alicyclic amines) is 1. The fourth-order valence-corrected chi connectivity index (χ4v) is 3.28. The van der Waals surface area contributed by atoms with E-state index in [2.05, 4.69) is 5.32 Å². The summed E-state index contributed by atoms with van der Waals surface area (Å²) in [7, 11) is 1.60. The molecule has 0 saturated carbocycles. The maximum absolute atomic E-state index is 12.3. The number of nitrogens with zero attached hydrogens (tertiary/aromatic N) is 1. The first kappa shape index (κ1) is 21.0. The molecule has 7 heteroatoms. The number of alkyl carbamates (subject to hydrolysis) is 1. The molecule has 0 spiro atoms. The van der Waals surface area contributed by atoms with Gasteiger partial charge in [0.25, 0.3) is 0 Å². The Kier molecular flexibility index (Phi) is 6.70. The van der Waals surface area contributed by atoms with Gasteiger partial charge in [0.2, 0.25) is 5.91 Å². The molecule has 150 valence electrons. The highest BCUT2D eigenvalue weighted by Crippen LogP contribution is 2.32. The van der Waals surface area contributed by atoms with E-state index in [1.165, 1.54) is 0 Å². The minimum Gasteiger partial charge on any atom is -0.497 e. The smallest absolute Gasteiger partial charge is 0.407 e. The predicted molar refractivity (Wildman–Crippen MR) is 102 cm³/mol. The molecule has 0 aromatic heterocycles. The van der Waals surface area contributed by atoms with E-state index in [0.717, 1.165) is 16.9 Å². The summed E-state index contributed by atoms with van der Waals surface area (Å²) in [6, 6.07) is 5.18. The Morgan fingerprint density at radius 2 is 2.11 bits per heavy atom. The number of hydrogen-bond acceptors (Lipinski definition) is 5. The lowest BCUT2D eigenvalue weighted by Crippen LogP contribution is -2.43. The number of carbonyl (C=O) groups excluding carboxylic acids is 2. The Morgan fingerprint density at radius 3 is 2.70 bits per heavy atom. The fourth-order valence-electron chi connectivity index (χ4n) is 3.28. The van der Waals surface area contributed by atoms with E-state index in [1.807, 2.05) is 19.1 Å². The van der Waals surface area contributed by atoms with Gasteiger partial charge in [-0.15, -0.1) is 0 Å². The topological polar surface area (TPSA) is 88.1 Å². The van der Waals surface area contributed by atoms with Crippen molar-refractivity contribution in [1.82, 2.24) is 10.2 Å². The number of aryl methyl sites for hydroxylation is 1. The molecule has 1 aliphatic rings. The molecule has 2 N–H and O–H groups in total. The highest BCUT2D eigenvalue weighted by atomic mass is 16.6. The van der Waals surface area contributed by atoms with E-state index < -0.39 is 17.8 Å². The standard InChI is InChI=1S/C20H30N2O5/c1-13-12-14(26-5)6-7-15(13)18(24)16-8-9-17(23)22(16)11-10-21-19(25)27-20(2,3)4/h6-7,12,16,18,24H,8-11H2,1-5H3,(H,21,25)/t16-,18+/m0/s1. The number of aliphatic hydroxyl groups is 1. The second-order valence-electron chi connectivity index (χ2n) is 7.79. The number of hydrogen-bond donors (Lipinski definition) is 2. The molecule has 27 heavy (non-hydrogen) atoms. The van der Waals surface area contributed by atoms with Gasteiger partial charge in [0.1, 0.15) is 11.4 Å². The fraction of sp³-hybridized carbons (Fsp3) is 0.600. The van der Waals surface area contributed by atoms with Crippen molar-refractivity contribution in [2.24, 2.45) is 0 Å². The van der Waals surface area contributed by atoms with E-state index in [-0.39, 0.29) is 18.5 Å². The van der Waals surface area contributed by atoms with E-state index in [9.17, 15) is 14.7 Å². The van der Waals surface area contributed by atoms with Crippen molar-refractivity contribution in [2.45, 2.75) is 58.3 Å². The summed E-state index contributed by atoms with van der Waals surface area (Å²) in [4.78, 5) is 25.7. The summed E-state index contributed by atoms with van der Waals surface area (Å²) < 4.78 is 10.4. The summed E-state index contributed by atoms with van der Waals surface area (Å²) in [6.07, 6.45) is -0.331. The Hall–Kier alpha value is -2.28. The van der Waals surface area contributed by atoms with Gasteiger partial charge in [-0.3, -0.25) is 4.79 Å². The number of ether oxygens (including phenoxy) is 2. The second-order valence-corrected chi connectivity index (χ2v) is 7.79. The van der Waals surface area contributed by atoms with Crippen LogP contribution in [0.4, 0.5) is 4.79 Å². The number of benzene rings is 1.